The fraction of sp³-hybridized carbons (Fsp3) is 0. The molecule has 0 spiro atoms. The molecule has 4 heavy (non-hydrogen) atoms. The average Bonchev–Trinajstić information content (AvgIpc) is 0. The Kier molecular flexibility index (Phi) is 135. The van der Waals surface area contributed by atoms with Crippen molar-refractivity contribution in [1.29, 1.82) is 0 Å². The van der Waals surface area contributed by atoms with E-state index >= 15 is 0 Å². The van der Waals surface area contributed by atoms with Crippen molar-refractivity contribution in [1.82, 2.24) is 0 Å². The van der Waals surface area contributed by atoms with Gasteiger partial charge in [-0.05, 0) is 0 Å². The van der Waals surface area contributed by atoms with E-state index in [1.54, 1.807) is 0 Å². The molecule has 0 atom stereocenters. The Morgan fingerprint density at radius 1 is 0.500 bits per heavy atom. The van der Waals surface area contributed by atoms with E-state index in [0.29, 0.717) is 0 Å². The summed E-state index contributed by atoms with van der Waals surface area (Å²) in [6.45, 7) is 0. The van der Waals surface area contributed by atoms with Gasteiger partial charge in [0.15, 0.2) is 0 Å². The Bertz CT molecular complexity index is 3.25. The van der Waals surface area contributed by atoms with Crippen molar-refractivity contribution in [3.63, 3.8) is 0 Å². The van der Waals surface area contributed by atoms with Crippen LogP contribution in [-0.4, -0.2) is 0 Å². The number of hydrogen-bond donors (Lipinski definition) is 0. The first-order valence-electron chi connectivity index (χ1n) is 0. The van der Waals surface area contributed by atoms with Gasteiger partial charge in [-0.1, -0.05) is 0 Å². The van der Waals surface area contributed by atoms with Gasteiger partial charge < -0.3 is 0 Å². The normalized spacial score (nSPS) is 0. The summed E-state index contributed by atoms with van der Waals surface area (Å²) in [4.78, 5) is 0. The molecule has 0 nitrogen and oxygen atoms in total. The van der Waals surface area contributed by atoms with Crippen molar-refractivity contribution in [3.8, 4) is 0 Å². The molecule has 0 aromatic heterocycles. The second-order valence-electron chi connectivity index (χ2n) is 0. The fourth-order valence-corrected chi connectivity index (χ4v) is 0. The summed E-state index contributed by atoms with van der Waals surface area (Å²) < 4.78 is 0. The summed E-state index contributed by atoms with van der Waals surface area (Å²) in [6, 6.07) is 0. The van der Waals surface area contributed by atoms with Crippen LogP contribution >= 0.6 is 0 Å². The predicted octanol–water partition coefficient (Wildman–Crippen LogP) is -0.0100. The zero-order valence-corrected chi connectivity index (χ0v) is 9.32. The number of rotatable bonds is 0. The van der Waals surface area contributed by atoms with Crippen LogP contribution in [0.3, 0.4) is 0 Å². The third-order valence-corrected chi connectivity index (χ3v) is 0. The van der Waals surface area contributed by atoms with Crippen molar-refractivity contribution in [3.05, 3.63) is 0 Å². The molecule has 0 fully saturated rings. The van der Waals surface area contributed by atoms with E-state index < -0.39 is 0 Å². The molecule has 0 unspecified atom stereocenters. The maximum absolute atomic E-state index is 0. The van der Waals surface area contributed by atoms with Gasteiger partial charge in [0.25, 0.3) is 0 Å². The third-order valence-electron chi connectivity index (χ3n) is 0. The van der Waals surface area contributed by atoms with E-state index in [2.05, 4.69) is 0 Å². The van der Waals surface area contributed by atoms with Crippen molar-refractivity contribution < 1.29 is 80.3 Å². The minimum Gasteiger partial charge on any atom is 0 e. The van der Waals surface area contributed by atoms with Gasteiger partial charge in [-0.15, -0.1) is 0 Å². The molecule has 37 valence electrons. The molecule has 4 heteroatoms. The monoisotopic (exact) mass is 640 g/mol. The summed E-state index contributed by atoms with van der Waals surface area (Å²) in [7, 11) is 0. The molecular formula is MnPt3. The molecule has 0 aliphatic rings. The molecule has 0 saturated carbocycles. The maximum atomic E-state index is 0. The molecule has 0 heterocycles. The first-order chi connectivity index (χ1) is 0. The van der Waals surface area contributed by atoms with Crippen molar-refractivity contribution in [2.24, 2.45) is 0 Å². The van der Waals surface area contributed by atoms with Crippen LogP contribution in [0.25, 0.3) is 0 Å². The Morgan fingerprint density at radius 3 is 0.500 bits per heavy atom. The van der Waals surface area contributed by atoms with Crippen LogP contribution in [0.2, 0.25) is 0 Å². The van der Waals surface area contributed by atoms with Gasteiger partial charge in [0.1, 0.15) is 0 Å². The van der Waals surface area contributed by atoms with Gasteiger partial charge in [-0.2, -0.15) is 0 Å². The quantitative estimate of drug-likeness (QED) is 0.328. The van der Waals surface area contributed by atoms with E-state index in [-0.39, 0.29) is 80.3 Å². The second kappa shape index (κ2) is 17.6. The summed E-state index contributed by atoms with van der Waals surface area (Å²) in [6.07, 6.45) is 0. The Hall–Kier alpha value is 2.58. The van der Waals surface area contributed by atoms with Crippen LogP contribution in [0, 0.1) is 0 Å². The summed E-state index contributed by atoms with van der Waals surface area (Å²) in [5, 5.41) is 0. The van der Waals surface area contributed by atoms with E-state index in [1.165, 1.54) is 0 Å². The van der Waals surface area contributed by atoms with Crippen molar-refractivity contribution in [2.75, 3.05) is 0 Å². The maximum Gasteiger partial charge on any atom is 0 e. The molecule has 0 rings (SSSR count). The van der Waals surface area contributed by atoms with Gasteiger partial charge in [0.2, 0.25) is 0 Å². The molecule has 0 aliphatic heterocycles. The molecular weight excluding hydrogens is 640 g/mol. The minimum atomic E-state index is 0. The fourth-order valence-electron chi connectivity index (χ4n) is 0. The smallest absolute Gasteiger partial charge is 0 e. The van der Waals surface area contributed by atoms with Crippen molar-refractivity contribution in [2.45, 2.75) is 0 Å². The van der Waals surface area contributed by atoms with Crippen LogP contribution < -0.4 is 0 Å². The van der Waals surface area contributed by atoms with Crippen LogP contribution in [0.4, 0.5) is 0 Å². The summed E-state index contributed by atoms with van der Waals surface area (Å²) in [5.41, 5.74) is 0. The molecule has 0 amide bonds. The molecule has 0 aliphatic carbocycles. The molecule has 0 aromatic carbocycles. The van der Waals surface area contributed by atoms with Gasteiger partial charge in [0.05, 0.1) is 0 Å². The van der Waals surface area contributed by atoms with Gasteiger partial charge in [-0.25, -0.2) is 0 Å². The SMILES string of the molecule is [Mn].[Pt].[Pt].[Pt]. The average molecular weight is 640 g/mol. The standard InChI is InChI=1S/Mn.3Pt. The zero-order valence-electron chi connectivity index (χ0n) is 1.33. The van der Waals surface area contributed by atoms with Crippen LogP contribution in [0.1, 0.15) is 0 Å². The molecule has 0 bridgehead atoms. The van der Waals surface area contributed by atoms with Gasteiger partial charge in [0, 0.05) is 80.3 Å². The van der Waals surface area contributed by atoms with Crippen LogP contribution in [-0.2, 0) is 80.3 Å². The van der Waals surface area contributed by atoms with Crippen LogP contribution in [0.5, 0.6) is 0 Å². The predicted molar refractivity (Wildman–Crippen MR) is 0 cm³/mol. The minimum absolute atomic E-state index is 0. The van der Waals surface area contributed by atoms with E-state index in [4.69, 9.17) is 0 Å². The first kappa shape index (κ1) is 30.7. The Balaban J connectivity index is 0. The molecule has 0 aromatic rings. The molecule has 1 radical (unpaired) electrons. The Labute approximate surface area is 79.1 Å². The first-order valence-corrected chi connectivity index (χ1v) is 0. The van der Waals surface area contributed by atoms with Gasteiger partial charge in [-0.3, -0.25) is 0 Å². The van der Waals surface area contributed by atoms with E-state index in [1.807, 2.05) is 0 Å². The summed E-state index contributed by atoms with van der Waals surface area (Å²) >= 11 is 0. The van der Waals surface area contributed by atoms with E-state index in [9.17, 15) is 0 Å². The second-order valence-corrected chi connectivity index (χ2v) is 0. The topological polar surface area (TPSA) is 0 Å². The Morgan fingerprint density at radius 2 is 0.500 bits per heavy atom. The largest absolute Gasteiger partial charge is 0 e. The molecule has 0 N–H and O–H groups in total. The number of hydrogen-bond acceptors (Lipinski definition) is 0. The third kappa shape index (κ3) is 8.82. The van der Waals surface area contributed by atoms with E-state index in [0.717, 1.165) is 0 Å². The zero-order chi connectivity index (χ0) is 0. The molecule has 0 saturated heterocycles. The van der Waals surface area contributed by atoms with Gasteiger partial charge >= 0.3 is 0 Å². The summed E-state index contributed by atoms with van der Waals surface area (Å²) in [5.74, 6) is 0. The van der Waals surface area contributed by atoms with Crippen molar-refractivity contribution >= 4 is 0 Å². The van der Waals surface area contributed by atoms with Crippen LogP contribution in [0.15, 0.2) is 0 Å².